The van der Waals surface area contributed by atoms with Crippen LogP contribution in [0.1, 0.15) is 74.3 Å². The number of hydrogen-bond donors (Lipinski definition) is 0. The van der Waals surface area contributed by atoms with Gasteiger partial charge in [0.05, 0.1) is 0 Å². The third-order valence-corrected chi connectivity index (χ3v) is 0. The summed E-state index contributed by atoms with van der Waals surface area (Å²) in [5.41, 5.74) is 0. The molecule has 0 aromatic carbocycles. The van der Waals surface area contributed by atoms with Gasteiger partial charge >= 0.3 is 0 Å². The first-order valence-electron chi connectivity index (χ1n) is 0. The second-order valence-corrected chi connectivity index (χ2v) is 0. The minimum absolute atomic E-state index is 0. The maximum absolute atomic E-state index is 0. The van der Waals surface area contributed by atoms with E-state index in [1.807, 2.05) is 0 Å². The summed E-state index contributed by atoms with van der Waals surface area (Å²) in [4.78, 5) is 0. The smallest absolute Gasteiger partial charge is 0.0776 e. The molecule has 0 rings (SSSR count). The van der Waals surface area contributed by atoms with Crippen molar-refractivity contribution in [1.29, 1.82) is 0 Å². The minimum atomic E-state index is 0. The van der Waals surface area contributed by atoms with Crippen molar-refractivity contribution in [2.45, 2.75) is 74.3 Å². The third-order valence-electron chi connectivity index (χ3n) is 0. The van der Waals surface area contributed by atoms with Crippen molar-refractivity contribution in [1.82, 2.24) is 0 Å². The topological polar surface area (TPSA) is 0 Å². The Kier molecular flexibility index (Phi) is 1610000. The average Bonchev–Trinajstić information content (AvgIpc) is 0. The van der Waals surface area contributed by atoms with Crippen LogP contribution in [0.4, 0.5) is 0 Å². The molecule has 0 saturated heterocycles. The molecule has 0 atom stereocenters. The first kappa shape index (κ1) is 5010. The highest BCUT2D eigenvalue weighted by atomic mass is 35.5. The van der Waals surface area contributed by atoms with Crippen molar-refractivity contribution >= 4 is 24.8 Å². The quantitative estimate of drug-likeness (QED) is 0.415. The maximum Gasteiger partial charge on any atom is -0.0776 e. The summed E-state index contributed by atoms with van der Waals surface area (Å²) >= 11 is 0. The van der Waals surface area contributed by atoms with E-state index in [1.54, 1.807) is 0 Å². The van der Waals surface area contributed by atoms with Crippen LogP contribution >= 0.6 is 24.8 Å². The van der Waals surface area contributed by atoms with Crippen LogP contribution in [-0.2, 0) is 0 Å². The highest BCUT2D eigenvalue weighted by molar-refractivity contribution is 5.85. The van der Waals surface area contributed by atoms with Gasteiger partial charge in [-0.3, -0.25) is 0 Å². The summed E-state index contributed by atoms with van der Waals surface area (Å²) in [5, 5.41) is 0. The molecule has 0 amide bonds. The highest BCUT2D eigenvalue weighted by Gasteiger charge is -0.0683. The predicted molar refractivity (Wildman–Crippen MR) is 81.8 cm³/mol. The van der Waals surface area contributed by atoms with Gasteiger partial charge in [-0.25, -0.2) is 0 Å². The second-order valence-electron chi connectivity index (χ2n) is 0. The largest absolute Gasteiger partial charge is 0.147 e. The van der Waals surface area contributed by atoms with Gasteiger partial charge in [0.25, 0.3) is 0 Å². The van der Waals surface area contributed by atoms with Gasteiger partial charge < -0.3 is 0 Å². The van der Waals surface area contributed by atoms with E-state index in [0.29, 0.717) is 0 Å². The molecule has 0 nitrogen and oxygen atoms in total. The van der Waals surface area contributed by atoms with Gasteiger partial charge in [0.2, 0.25) is 0 Å². The fraction of sp³-hybridized carbons (Fsp3) is 1.00. The summed E-state index contributed by atoms with van der Waals surface area (Å²) < 4.78 is 0. The molecule has 0 bridgehead atoms. The van der Waals surface area contributed by atoms with E-state index in [-0.39, 0.29) is 99.1 Å². The Bertz CT molecular complexity index is 7.80. The zero-order chi connectivity index (χ0) is 0. The molecule has 96 valence electrons. The van der Waals surface area contributed by atoms with E-state index in [1.165, 1.54) is 0 Å². The number of halogens is 2. The van der Waals surface area contributed by atoms with Gasteiger partial charge in [0, 0.05) is 0 Å². The van der Waals surface area contributed by atoms with Crippen molar-refractivity contribution in [3.63, 3.8) is 0 Å². The molecule has 12 heavy (non-hydrogen) atoms. The Hall–Kier alpha value is 0.580. The molecule has 0 heterocycles. The van der Waals surface area contributed by atoms with Gasteiger partial charge in [0.15, 0.2) is 0 Å². The van der Waals surface area contributed by atoms with Crippen molar-refractivity contribution in [2.24, 2.45) is 0 Å². The van der Waals surface area contributed by atoms with Crippen LogP contribution in [-0.4, -0.2) is 0 Å². The molecule has 2 heteroatoms. The third kappa shape index (κ3) is 2890. The Balaban J connectivity index is 0. The molecule has 0 aromatic heterocycles. The molecule has 0 radical (unpaired) electrons. The average molecular weight is 233 g/mol. The van der Waals surface area contributed by atoms with Gasteiger partial charge in [-0.2, -0.15) is 0 Å². The Labute approximate surface area is 99.4 Å². The van der Waals surface area contributed by atoms with Crippen molar-refractivity contribution in [2.75, 3.05) is 0 Å². The predicted octanol–water partition coefficient (Wildman–Crippen LogP) is 7.20. The van der Waals surface area contributed by atoms with E-state index < -0.39 is 0 Å². The monoisotopic (exact) mass is 232 g/mol. The molecular formula is C10H42Cl2. The summed E-state index contributed by atoms with van der Waals surface area (Å²) in [7, 11) is 0. The molecule has 0 unspecified atom stereocenters. The number of rotatable bonds is 0. The standard InChI is InChI=1S/10CH4.2ClH/h10*1H4;2*1H. The first-order valence-corrected chi connectivity index (χ1v) is 0. The Morgan fingerprint density at radius 1 is 0.167 bits per heavy atom. The maximum atomic E-state index is 0. The highest BCUT2D eigenvalue weighted by Crippen LogP contribution is 0.691. The minimum Gasteiger partial charge on any atom is -0.147 e. The first-order chi connectivity index (χ1) is 0. The SMILES string of the molecule is C.C.C.C.C.C.C.C.C.C.Cl.Cl. The lowest BCUT2D eigenvalue weighted by Crippen LogP contribution is 0.143. The van der Waals surface area contributed by atoms with Crippen LogP contribution in [0, 0.1) is 0 Å². The molecule has 0 fully saturated rings. The van der Waals surface area contributed by atoms with E-state index in [0.717, 1.165) is 0 Å². The van der Waals surface area contributed by atoms with Crippen LogP contribution in [0.25, 0.3) is 0 Å². The fourth-order valence-corrected chi connectivity index (χ4v) is 0. The van der Waals surface area contributed by atoms with Crippen molar-refractivity contribution < 1.29 is 0 Å². The van der Waals surface area contributed by atoms with Gasteiger partial charge in [-0.15, -0.1) is 24.8 Å². The molecular weight excluding hydrogens is 191 g/mol. The van der Waals surface area contributed by atoms with Gasteiger partial charge in [0.1, 0.15) is 0 Å². The van der Waals surface area contributed by atoms with Crippen LogP contribution in [0.2, 0.25) is 0 Å². The van der Waals surface area contributed by atoms with E-state index in [9.17, 15) is 0 Å². The Morgan fingerprint density at radius 2 is 0.167 bits per heavy atom. The summed E-state index contributed by atoms with van der Waals surface area (Å²) in [5.74, 6) is 0. The van der Waals surface area contributed by atoms with Gasteiger partial charge in [-0.1, -0.05) is 74.3 Å². The number of hydrogen-bond acceptors (Lipinski definition) is 0. The summed E-state index contributed by atoms with van der Waals surface area (Å²) in [6, 6.07) is 0. The summed E-state index contributed by atoms with van der Waals surface area (Å²) in [6.45, 7) is 0. The Morgan fingerprint density at radius 3 is 0.167 bits per heavy atom. The molecule has 0 aliphatic rings. The fourth-order valence-electron chi connectivity index (χ4n) is 0. The second kappa shape index (κ2) is 3850. The lowest BCUT2D eigenvalue weighted by Gasteiger charge is -0.148. The summed E-state index contributed by atoms with van der Waals surface area (Å²) in [6.07, 6.45) is 0. The van der Waals surface area contributed by atoms with Gasteiger partial charge in [-0.05, 0) is 0 Å². The lowest BCUT2D eigenvalue weighted by atomic mass is 12.0. The van der Waals surface area contributed by atoms with Crippen LogP contribution < -0.4 is 0 Å². The zero-order valence-electron chi connectivity index (χ0n) is 0.816. The van der Waals surface area contributed by atoms with E-state index in [2.05, 4.69) is 0 Å². The molecule has 0 N–H and O–H groups in total. The van der Waals surface area contributed by atoms with Crippen LogP contribution in [0.3, 0.4) is 0 Å². The lowest BCUT2D eigenvalue weighted by molar-refractivity contribution is 2.50. The molecule has 0 aliphatic carbocycles. The van der Waals surface area contributed by atoms with E-state index >= 15 is 0 Å². The molecule has 0 aliphatic heterocycles. The van der Waals surface area contributed by atoms with Crippen molar-refractivity contribution in [3.05, 3.63) is 0 Å². The normalized spacial score (nSPS) is 0. The molecule has 0 saturated carbocycles. The molecule has 0 aromatic rings. The van der Waals surface area contributed by atoms with Crippen LogP contribution in [0.15, 0.2) is 0 Å². The zero-order valence-corrected chi connectivity index (χ0v) is 2.45. The van der Waals surface area contributed by atoms with E-state index in [4.69, 9.17) is 0 Å². The van der Waals surface area contributed by atoms with Crippen LogP contribution in [0.5, 0.6) is 0 Å². The van der Waals surface area contributed by atoms with Crippen molar-refractivity contribution in [3.8, 4) is 0 Å². The molecule has 0 spiro atoms.